The van der Waals surface area contributed by atoms with Crippen molar-refractivity contribution in [1.29, 1.82) is 0 Å². The van der Waals surface area contributed by atoms with E-state index in [2.05, 4.69) is 34.9 Å². The summed E-state index contributed by atoms with van der Waals surface area (Å²) >= 11 is 0. The second-order valence-corrected chi connectivity index (χ2v) is 7.25. The molecule has 0 radical (unpaired) electrons. The third-order valence-corrected chi connectivity index (χ3v) is 5.34. The van der Waals surface area contributed by atoms with E-state index >= 15 is 0 Å². The van der Waals surface area contributed by atoms with Gasteiger partial charge in [0.2, 0.25) is 5.91 Å². The number of fused-ring (bicyclic) bond motifs is 3. The molecule has 1 aliphatic rings. The molecule has 2 amide bonds. The maximum Gasteiger partial charge on any atom is 0.407 e. The van der Waals surface area contributed by atoms with Crippen LogP contribution in [0.15, 0.2) is 48.5 Å². The first-order valence-corrected chi connectivity index (χ1v) is 10.1. The minimum absolute atomic E-state index is 0.0237. The molecule has 0 aromatic heterocycles. The van der Waals surface area contributed by atoms with E-state index in [1.807, 2.05) is 31.2 Å². The lowest BCUT2D eigenvalue weighted by atomic mass is 9.98. The molecule has 0 bridgehead atoms. The molecule has 0 saturated heterocycles. The summed E-state index contributed by atoms with van der Waals surface area (Å²) in [5.74, 6) is -1.72. The first kappa shape index (κ1) is 21.4. The van der Waals surface area contributed by atoms with E-state index in [0.717, 1.165) is 22.3 Å². The van der Waals surface area contributed by atoms with Gasteiger partial charge in [0, 0.05) is 19.0 Å². The molecule has 7 nitrogen and oxygen atoms in total. The molecule has 7 heteroatoms. The van der Waals surface area contributed by atoms with Crippen LogP contribution in [0.4, 0.5) is 4.79 Å². The zero-order chi connectivity index (χ0) is 21.5. The van der Waals surface area contributed by atoms with Gasteiger partial charge in [-0.2, -0.15) is 0 Å². The van der Waals surface area contributed by atoms with Gasteiger partial charge in [0.15, 0.2) is 0 Å². The standard InChI is InChI=1S/C23H26N2O5/c1-2-15(22(28)24-12-11-21(26)27)13-25-23(29)30-14-20-18-9-5-3-7-16(18)17-8-4-6-10-19(17)20/h3-10,15,20H,2,11-14H2,1H3,(H,24,28)(H,25,29)(H,26,27). The number of nitrogens with one attached hydrogen (secondary N) is 2. The van der Waals surface area contributed by atoms with E-state index in [9.17, 15) is 14.4 Å². The van der Waals surface area contributed by atoms with Gasteiger partial charge in [0.1, 0.15) is 6.61 Å². The maximum atomic E-state index is 12.2. The summed E-state index contributed by atoms with van der Waals surface area (Å²) in [6.45, 7) is 2.24. The van der Waals surface area contributed by atoms with E-state index in [4.69, 9.17) is 9.84 Å². The molecule has 3 N–H and O–H groups in total. The Bertz CT molecular complexity index is 882. The number of rotatable bonds is 9. The highest BCUT2D eigenvalue weighted by molar-refractivity contribution is 5.80. The molecule has 1 atom stereocenters. The van der Waals surface area contributed by atoms with Gasteiger partial charge in [0.25, 0.3) is 0 Å². The number of amides is 2. The largest absolute Gasteiger partial charge is 0.481 e. The van der Waals surface area contributed by atoms with Crippen molar-refractivity contribution in [1.82, 2.24) is 10.6 Å². The predicted octanol–water partition coefficient (Wildman–Crippen LogP) is 3.14. The van der Waals surface area contributed by atoms with Crippen LogP contribution in [0.1, 0.15) is 36.8 Å². The van der Waals surface area contributed by atoms with Crippen LogP contribution in [0.25, 0.3) is 11.1 Å². The van der Waals surface area contributed by atoms with Gasteiger partial charge in [0.05, 0.1) is 12.3 Å². The van der Waals surface area contributed by atoms with Crippen LogP contribution >= 0.6 is 0 Å². The maximum absolute atomic E-state index is 12.2. The van der Waals surface area contributed by atoms with Crippen molar-refractivity contribution in [3.63, 3.8) is 0 Å². The number of benzene rings is 2. The topological polar surface area (TPSA) is 105 Å². The Balaban J connectivity index is 1.52. The molecule has 0 spiro atoms. The van der Waals surface area contributed by atoms with Crippen LogP contribution in [0.2, 0.25) is 0 Å². The van der Waals surface area contributed by atoms with Crippen molar-refractivity contribution in [2.45, 2.75) is 25.7 Å². The van der Waals surface area contributed by atoms with Crippen molar-refractivity contribution in [3.8, 4) is 11.1 Å². The quantitative estimate of drug-likeness (QED) is 0.589. The Hall–Kier alpha value is -3.35. The Morgan fingerprint density at radius 1 is 1.00 bits per heavy atom. The number of hydrogen-bond donors (Lipinski definition) is 3. The molecule has 1 aliphatic carbocycles. The number of carbonyl (C=O) groups excluding carboxylic acids is 2. The second kappa shape index (κ2) is 9.91. The number of aliphatic carboxylic acids is 1. The van der Waals surface area contributed by atoms with Crippen molar-refractivity contribution in [2.24, 2.45) is 5.92 Å². The Morgan fingerprint density at radius 3 is 2.17 bits per heavy atom. The van der Waals surface area contributed by atoms with Crippen molar-refractivity contribution in [2.75, 3.05) is 19.7 Å². The minimum atomic E-state index is -0.972. The van der Waals surface area contributed by atoms with E-state index in [1.165, 1.54) is 0 Å². The molecule has 1 unspecified atom stereocenters. The summed E-state index contributed by atoms with van der Waals surface area (Å²) < 4.78 is 5.47. The molecular weight excluding hydrogens is 384 g/mol. The molecule has 30 heavy (non-hydrogen) atoms. The normalized spacial score (nSPS) is 13.1. The van der Waals surface area contributed by atoms with Crippen molar-refractivity contribution in [3.05, 3.63) is 59.7 Å². The molecule has 2 aromatic rings. The highest BCUT2D eigenvalue weighted by Crippen LogP contribution is 2.44. The van der Waals surface area contributed by atoms with Gasteiger partial charge in [-0.1, -0.05) is 55.5 Å². The number of alkyl carbamates (subject to hydrolysis) is 1. The molecule has 0 heterocycles. The summed E-state index contributed by atoms with van der Waals surface area (Å²) in [4.78, 5) is 34.9. The summed E-state index contributed by atoms with van der Waals surface area (Å²) in [6, 6.07) is 16.2. The van der Waals surface area contributed by atoms with Gasteiger partial charge >= 0.3 is 12.1 Å². The summed E-state index contributed by atoms with van der Waals surface area (Å²) in [6.07, 6.45) is -0.196. The van der Waals surface area contributed by atoms with E-state index in [0.29, 0.717) is 6.42 Å². The fourth-order valence-corrected chi connectivity index (χ4v) is 3.72. The average Bonchev–Trinajstić information content (AvgIpc) is 3.06. The summed E-state index contributed by atoms with van der Waals surface area (Å²) in [5.41, 5.74) is 4.59. The van der Waals surface area contributed by atoms with Gasteiger partial charge in [-0.05, 0) is 28.7 Å². The fourth-order valence-electron chi connectivity index (χ4n) is 3.72. The molecular formula is C23H26N2O5. The molecule has 3 rings (SSSR count). The molecule has 0 fully saturated rings. The first-order valence-electron chi connectivity index (χ1n) is 10.1. The number of ether oxygens (including phenoxy) is 1. The number of carbonyl (C=O) groups is 3. The van der Waals surface area contributed by atoms with Gasteiger partial charge in [-0.15, -0.1) is 0 Å². The average molecular weight is 410 g/mol. The third kappa shape index (κ3) is 4.97. The van der Waals surface area contributed by atoms with Crippen LogP contribution in [-0.2, 0) is 14.3 Å². The van der Waals surface area contributed by atoms with E-state index in [-0.39, 0.29) is 37.9 Å². The predicted molar refractivity (Wildman–Crippen MR) is 112 cm³/mol. The van der Waals surface area contributed by atoms with Crippen LogP contribution in [0, 0.1) is 5.92 Å². The van der Waals surface area contributed by atoms with Gasteiger partial charge in [-0.25, -0.2) is 4.79 Å². The highest BCUT2D eigenvalue weighted by Gasteiger charge is 2.29. The fraction of sp³-hybridized carbons (Fsp3) is 0.348. The van der Waals surface area contributed by atoms with Crippen molar-refractivity contribution < 1.29 is 24.2 Å². The van der Waals surface area contributed by atoms with Crippen LogP contribution in [-0.4, -0.2) is 42.8 Å². The summed E-state index contributed by atoms with van der Waals surface area (Å²) in [5, 5.41) is 13.9. The van der Waals surface area contributed by atoms with Crippen LogP contribution in [0.5, 0.6) is 0 Å². The number of carboxylic acid groups (broad SMARTS) is 1. The molecule has 2 aromatic carbocycles. The monoisotopic (exact) mass is 410 g/mol. The lowest BCUT2D eigenvalue weighted by Crippen LogP contribution is -2.39. The van der Waals surface area contributed by atoms with Gasteiger partial charge < -0.3 is 20.5 Å². The second-order valence-electron chi connectivity index (χ2n) is 7.25. The highest BCUT2D eigenvalue weighted by atomic mass is 16.5. The SMILES string of the molecule is CCC(CNC(=O)OCC1c2ccccc2-c2ccccc21)C(=O)NCCC(=O)O. The zero-order valence-corrected chi connectivity index (χ0v) is 16.9. The Labute approximate surface area is 175 Å². The van der Waals surface area contributed by atoms with Crippen LogP contribution in [0.3, 0.4) is 0 Å². The lowest BCUT2D eigenvalue weighted by Gasteiger charge is -2.17. The zero-order valence-electron chi connectivity index (χ0n) is 16.9. The van der Waals surface area contributed by atoms with Crippen molar-refractivity contribution >= 4 is 18.0 Å². The molecule has 0 aliphatic heterocycles. The minimum Gasteiger partial charge on any atom is -0.481 e. The lowest BCUT2D eigenvalue weighted by molar-refractivity contribution is -0.137. The molecule has 0 saturated carbocycles. The number of hydrogen-bond acceptors (Lipinski definition) is 4. The third-order valence-electron chi connectivity index (χ3n) is 5.34. The first-order chi connectivity index (χ1) is 14.5. The van der Waals surface area contributed by atoms with Gasteiger partial charge in [-0.3, -0.25) is 9.59 Å². The van der Waals surface area contributed by atoms with Crippen LogP contribution < -0.4 is 10.6 Å². The summed E-state index contributed by atoms with van der Waals surface area (Å²) in [7, 11) is 0. The molecule has 158 valence electrons. The smallest absolute Gasteiger partial charge is 0.407 e. The Kier molecular flexibility index (Phi) is 7.06. The van der Waals surface area contributed by atoms with E-state index < -0.39 is 18.0 Å². The number of carboxylic acids is 1. The Morgan fingerprint density at radius 2 is 1.60 bits per heavy atom. The van der Waals surface area contributed by atoms with E-state index in [1.54, 1.807) is 0 Å².